The van der Waals surface area contributed by atoms with E-state index in [2.05, 4.69) is 23.6 Å². The highest BCUT2D eigenvalue weighted by atomic mass is 16.2. The standard InChI is InChI=1S/C16H31N3O/c1-3-13(2)18-8-10-19(11-9-18)16(20)12-14-4-6-15(17)7-5-14/h13-15H,3-12,17H2,1-2H3. The Hall–Kier alpha value is -0.610. The molecule has 1 amide bonds. The Bertz CT molecular complexity index is 305. The predicted molar refractivity (Wildman–Crippen MR) is 82.5 cm³/mol. The highest BCUT2D eigenvalue weighted by Crippen LogP contribution is 2.26. The fourth-order valence-electron chi connectivity index (χ4n) is 3.44. The van der Waals surface area contributed by atoms with Gasteiger partial charge in [-0.2, -0.15) is 0 Å². The van der Waals surface area contributed by atoms with Gasteiger partial charge >= 0.3 is 0 Å². The molecular formula is C16H31N3O. The second-order valence-corrected chi connectivity index (χ2v) is 6.66. The van der Waals surface area contributed by atoms with Gasteiger partial charge in [0.2, 0.25) is 5.91 Å². The molecule has 1 atom stereocenters. The van der Waals surface area contributed by atoms with Gasteiger partial charge in [0, 0.05) is 44.7 Å². The summed E-state index contributed by atoms with van der Waals surface area (Å²) < 4.78 is 0. The van der Waals surface area contributed by atoms with E-state index in [-0.39, 0.29) is 0 Å². The average molecular weight is 281 g/mol. The van der Waals surface area contributed by atoms with Gasteiger partial charge in [0.05, 0.1) is 0 Å². The minimum atomic E-state index is 0.370. The van der Waals surface area contributed by atoms with E-state index in [0.29, 0.717) is 23.9 Å². The Balaban J connectivity index is 1.72. The molecular weight excluding hydrogens is 250 g/mol. The Kier molecular flexibility index (Phi) is 5.85. The van der Waals surface area contributed by atoms with Crippen LogP contribution in [-0.2, 0) is 4.79 Å². The zero-order valence-electron chi connectivity index (χ0n) is 13.2. The van der Waals surface area contributed by atoms with Crippen molar-refractivity contribution in [3.05, 3.63) is 0 Å². The molecule has 0 spiro atoms. The van der Waals surface area contributed by atoms with Crippen molar-refractivity contribution in [2.24, 2.45) is 11.7 Å². The van der Waals surface area contributed by atoms with Crippen LogP contribution in [0, 0.1) is 5.92 Å². The van der Waals surface area contributed by atoms with Crippen molar-refractivity contribution in [2.75, 3.05) is 26.2 Å². The summed E-state index contributed by atoms with van der Waals surface area (Å²) in [5.74, 6) is 0.948. The lowest BCUT2D eigenvalue weighted by atomic mass is 9.84. The molecule has 0 radical (unpaired) electrons. The Morgan fingerprint density at radius 3 is 2.30 bits per heavy atom. The summed E-state index contributed by atoms with van der Waals surface area (Å²) >= 11 is 0. The molecule has 0 aromatic carbocycles. The van der Waals surface area contributed by atoms with E-state index in [1.807, 2.05) is 0 Å². The van der Waals surface area contributed by atoms with E-state index in [4.69, 9.17) is 5.73 Å². The second-order valence-electron chi connectivity index (χ2n) is 6.66. The maximum Gasteiger partial charge on any atom is 0.222 e. The minimum Gasteiger partial charge on any atom is -0.340 e. The normalized spacial score (nSPS) is 30.2. The Labute approximate surface area is 123 Å². The van der Waals surface area contributed by atoms with Crippen LogP contribution in [0.3, 0.4) is 0 Å². The molecule has 1 unspecified atom stereocenters. The van der Waals surface area contributed by atoms with Gasteiger partial charge in [-0.1, -0.05) is 6.92 Å². The molecule has 1 saturated heterocycles. The van der Waals surface area contributed by atoms with Gasteiger partial charge in [-0.15, -0.1) is 0 Å². The zero-order valence-corrected chi connectivity index (χ0v) is 13.2. The maximum absolute atomic E-state index is 12.4. The number of carbonyl (C=O) groups excluding carboxylic acids is 1. The molecule has 2 fully saturated rings. The highest BCUT2D eigenvalue weighted by Gasteiger charge is 2.26. The lowest BCUT2D eigenvalue weighted by Gasteiger charge is -2.38. The summed E-state index contributed by atoms with van der Waals surface area (Å²) in [6, 6.07) is 1.02. The first-order chi connectivity index (χ1) is 9.60. The third kappa shape index (κ3) is 4.19. The Morgan fingerprint density at radius 2 is 1.75 bits per heavy atom. The molecule has 2 N–H and O–H groups in total. The Morgan fingerprint density at radius 1 is 1.15 bits per heavy atom. The molecule has 1 aliphatic carbocycles. The molecule has 2 rings (SSSR count). The van der Waals surface area contributed by atoms with Gasteiger partial charge in [-0.05, 0) is 44.9 Å². The molecule has 1 aliphatic heterocycles. The molecule has 4 heteroatoms. The van der Waals surface area contributed by atoms with E-state index < -0.39 is 0 Å². The topological polar surface area (TPSA) is 49.6 Å². The first kappa shape index (κ1) is 15.8. The first-order valence-corrected chi connectivity index (χ1v) is 8.37. The number of hydrogen-bond acceptors (Lipinski definition) is 3. The van der Waals surface area contributed by atoms with Crippen molar-refractivity contribution in [3.8, 4) is 0 Å². The van der Waals surface area contributed by atoms with Crippen LogP contribution in [0.4, 0.5) is 0 Å². The van der Waals surface area contributed by atoms with Crippen LogP contribution in [0.15, 0.2) is 0 Å². The number of nitrogens with two attached hydrogens (primary N) is 1. The number of amides is 1. The van der Waals surface area contributed by atoms with Gasteiger partial charge in [0.25, 0.3) is 0 Å². The lowest BCUT2D eigenvalue weighted by molar-refractivity contribution is -0.134. The molecule has 0 bridgehead atoms. The van der Waals surface area contributed by atoms with Crippen molar-refractivity contribution < 1.29 is 4.79 Å². The summed E-state index contributed by atoms with van der Waals surface area (Å²) in [5.41, 5.74) is 5.93. The van der Waals surface area contributed by atoms with Crippen LogP contribution in [0.25, 0.3) is 0 Å². The van der Waals surface area contributed by atoms with Crippen LogP contribution in [0.1, 0.15) is 52.4 Å². The number of piperazine rings is 1. The smallest absolute Gasteiger partial charge is 0.222 e. The predicted octanol–water partition coefficient (Wildman–Crippen LogP) is 1.84. The summed E-state index contributed by atoms with van der Waals surface area (Å²) in [4.78, 5) is 17.0. The molecule has 1 saturated carbocycles. The van der Waals surface area contributed by atoms with Gasteiger partial charge in [0.1, 0.15) is 0 Å². The summed E-state index contributed by atoms with van der Waals surface area (Å²) in [6.45, 7) is 8.41. The highest BCUT2D eigenvalue weighted by molar-refractivity contribution is 5.76. The fourth-order valence-corrected chi connectivity index (χ4v) is 3.44. The first-order valence-electron chi connectivity index (χ1n) is 8.37. The number of rotatable bonds is 4. The molecule has 2 aliphatic rings. The van der Waals surface area contributed by atoms with Gasteiger partial charge in [-0.25, -0.2) is 0 Å². The molecule has 0 aromatic rings. The van der Waals surface area contributed by atoms with Crippen molar-refractivity contribution >= 4 is 5.91 Å². The van der Waals surface area contributed by atoms with Crippen LogP contribution in [0.5, 0.6) is 0 Å². The van der Waals surface area contributed by atoms with Crippen LogP contribution < -0.4 is 5.73 Å². The van der Waals surface area contributed by atoms with Crippen LogP contribution in [0.2, 0.25) is 0 Å². The quantitative estimate of drug-likeness (QED) is 0.855. The summed E-state index contributed by atoms with van der Waals surface area (Å²) in [6.07, 6.45) is 6.41. The number of nitrogens with zero attached hydrogens (tertiary/aromatic N) is 2. The van der Waals surface area contributed by atoms with Crippen molar-refractivity contribution in [1.29, 1.82) is 0 Å². The molecule has 20 heavy (non-hydrogen) atoms. The zero-order chi connectivity index (χ0) is 14.5. The van der Waals surface area contributed by atoms with E-state index in [1.54, 1.807) is 0 Å². The van der Waals surface area contributed by atoms with E-state index in [0.717, 1.165) is 58.3 Å². The molecule has 116 valence electrons. The van der Waals surface area contributed by atoms with Crippen molar-refractivity contribution in [1.82, 2.24) is 9.80 Å². The average Bonchev–Trinajstić information content (AvgIpc) is 2.49. The van der Waals surface area contributed by atoms with Gasteiger partial charge < -0.3 is 10.6 Å². The summed E-state index contributed by atoms with van der Waals surface area (Å²) in [7, 11) is 0. The monoisotopic (exact) mass is 281 g/mol. The lowest BCUT2D eigenvalue weighted by Crippen LogP contribution is -2.51. The molecule has 4 nitrogen and oxygen atoms in total. The van der Waals surface area contributed by atoms with Crippen LogP contribution >= 0.6 is 0 Å². The van der Waals surface area contributed by atoms with Gasteiger partial charge in [-0.3, -0.25) is 9.69 Å². The second kappa shape index (κ2) is 7.41. The minimum absolute atomic E-state index is 0.370. The van der Waals surface area contributed by atoms with E-state index >= 15 is 0 Å². The van der Waals surface area contributed by atoms with E-state index in [9.17, 15) is 4.79 Å². The molecule has 0 aromatic heterocycles. The van der Waals surface area contributed by atoms with Crippen molar-refractivity contribution in [2.45, 2.75) is 64.5 Å². The third-order valence-corrected chi connectivity index (χ3v) is 5.24. The number of carbonyl (C=O) groups is 1. The maximum atomic E-state index is 12.4. The fraction of sp³-hybridized carbons (Fsp3) is 0.938. The van der Waals surface area contributed by atoms with Gasteiger partial charge in [0.15, 0.2) is 0 Å². The molecule has 1 heterocycles. The number of hydrogen-bond donors (Lipinski definition) is 1. The summed E-state index contributed by atoms with van der Waals surface area (Å²) in [5, 5.41) is 0. The van der Waals surface area contributed by atoms with Crippen molar-refractivity contribution in [3.63, 3.8) is 0 Å². The SMILES string of the molecule is CCC(C)N1CCN(C(=O)CC2CCC(N)CC2)CC1. The van der Waals surface area contributed by atoms with Crippen LogP contribution in [-0.4, -0.2) is 54.0 Å². The third-order valence-electron chi connectivity index (χ3n) is 5.24. The van der Waals surface area contributed by atoms with E-state index in [1.165, 1.54) is 6.42 Å². The largest absolute Gasteiger partial charge is 0.340 e.